The molecule has 2 amide bonds. The molecule has 4 aromatic carbocycles. The zero-order valence-corrected chi connectivity index (χ0v) is 28.1. The Hall–Kier alpha value is -4.61. The largest absolute Gasteiger partial charge is 0.486 e. The molecule has 1 aliphatic heterocycles. The lowest BCUT2D eigenvalue weighted by molar-refractivity contribution is -0.140. The van der Waals surface area contributed by atoms with Crippen LogP contribution in [0.5, 0.6) is 11.5 Å². The number of sulfonamides is 1. The van der Waals surface area contributed by atoms with E-state index in [0.29, 0.717) is 29.5 Å². The van der Waals surface area contributed by atoms with Crippen LogP contribution in [0, 0.1) is 5.82 Å². The summed E-state index contributed by atoms with van der Waals surface area (Å²) in [6.07, 6.45) is 1.77. The molecule has 0 aliphatic carbocycles. The monoisotopic (exact) mass is 693 g/mol. The first-order valence-electron chi connectivity index (χ1n) is 15.7. The zero-order chi connectivity index (χ0) is 34.1. The molecule has 0 radical (unpaired) electrons. The molecule has 1 unspecified atom stereocenters. The third-order valence-electron chi connectivity index (χ3n) is 7.89. The molecular weight excluding hydrogens is 657 g/mol. The molecular formula is C36H37ClFN3O6S. The normalized spacial score (nSPS) is 13.0. The lowest BCUT2D eigenvalue weighted by atomic mass is 10.0. The molecule has 1 heterocycles. The highest BCUT2D eigenvalue weighted by Gasteiger charge is 2.35. The van der Waals surface area contributed by atoms with Crippen LogP contribution in [0.2, 0.25) is 5.02 Å². The Morgan fingerprint density at radius 2 is 1.60 bits per heavy atom. The van der Waals surface area contributed by atoms with Crippen LogP contribution in [0.15, 0.2) is 102 Å². The number of carbonyl (C=O) groups is 2. The van der Waals surface area contributed by atoms with Gasteiger partial charge in [0, 0.05) is 30.6 Å². The second-order valence-electron chi connectivity index (χ2n) is 11.3. The summed E-state index contributed by atoms with van der Waals surface area (Å²) in [6, 6.07) is 24.2. The van der Waals surface area contributed by atoms with Gasteiger partial charge in [0.15, 0.2) is 11.5 Å². The van der Waals surface area contributed by atoms with Crippen molar-refractivity contribution in [1.29, 1.82) is 0 Å². The number of anilines is 1. The molecule has 0 spiro atoms. The molecule has 0 saturated carbocycles. The maximum absolute atomic E-state index is 14.6. The Kier molecular flexibility index (Phi) is 11.6. The summed E-state index contributed by atoms with van der Waals surface area (Å²) in [7, 11) is -4.43. The minimum absolute atomic E-state index is 0.0596. The molecule has 4 aromatic rings. The minimum atomic E-state index is -4.43. The highest BCUT2D eigenvalue weighted by molar-refractivity contribution is 7.92. The first kappa shape index (κ1) is 34.7. The molecule has 0 aromatic heterocycles. The lowest BCUT2D eigenvalue weighted by Gasteiger charge is -2.34. The van der Waals surface area contributed by atoms with Gasteiger partial charge in [0.1, 0.15) is 31.6 Å². The molecule has 48 heavy (non-hydrogen) atoms. The van der Waals surface area contributed by atoms with Crippen LogP contribution < -0.4 is 19.1 Å². The van der Waals surface area contributed by atoms with Crippen LogP contribution in [-0.2, 0) is 32.6 Å². The molecule has 9 nitrogen and oxygen atoms in total. The predicted octanol–water partition coefficient (Wildman–Crippen LogP) is 6.00. The van der Waals surface area contributed by atoms with Crippen molar-refractivity contribution in [3.63, 3.8) is 0 Å². The van der Waals surface area contributed by atoms with E-state index in [1.807, 2.05) is 37.3 Å². The van der Waals surface area contributed by atoms with Crippen LogP contribution in [-0.4, -0.2) is 57.5 Å². The molecule has 1 N–H and O–H groups in total. The van der Waals surface area contributed by atoms with Crippen LogP contribution in [0.3, 0.4) is 0 Å². The van der Waals surface area contributed by atoms with Gasteiger partial charge in [0.25, 0.3) is 10.0 Å². The van der Waals surface area contributed by atoms with E-state index in [-0.39, 0.29) is 41.8 Å². The first-order chi connectivity index (χ1) is 23.2. The van der Waals surface area contributed by atoms with Crippen molar-refractivity contribution in [2.45, 2.75) is 43.7 Å². The number of ether oxygens (including phenoxy) is 2. The fourth-order valence-corrected chi connectivity index (χ4v) is 6.94. The van der Waals surface area contributed by atoms with Gasteiger partial charge >= 0.3 is 0 Å². The van der Waals surface area contributed by atoms with Crippen molar-refractivity contribution in [2.24, 2.45) is 0 Å². The van der Waals surface area contributed by atoms with Crippen LogP contribution in [0.25, 0.3) is 0 Å². The van der Waals surface area contributed by atoms with Gasteiger partial charge in [-0.05, 0) is 60.0 Å². The number of fused-ring (bicyclic) bond motifs is 1. The molecule has 0 bridgehead atoms. The number of unbranched alkanes of at least 4 members (excludes halogenated alkanes) is 1. The molecule has 1 atom stereocenters. The molecule has 12 heteroatoms. The molecule has 1 aliphatic rings. The van der Waals surface area contributed by atoms with Gasteiger partial charge in [0.2, 0.25) is 11.8 Å². The van der Waals surface area contributed by atoms with Gasteiger partial charge in [-0.1, -0.05) is 73.5 Å². The highest BCUT2D eigenvalue weighted by Crippen LogP contribution is 2.34. The van der Waals surface area contributed by atoms with E-state index in [2.05, 4.69) is 5.32 Å². The summed E-state index contributed by atoms with van der Waals surface area (Å²) in [5, 5.41) is 3.34. The third-order valence-corrected chi connectivity index (χ3v) is 10.0. The van der Waals surface area contributed by atoms with Crippen molar-refractivity contribution < 1.29 is 31.9 Å². The van der Waals surface area contributed by atoms with E-state index in [9.17, 15) is 22.4 Å². The van der Waals surface area contributed by atoms with Gasteiger partial charge in [-0.15, -0.1) is 0 Å². The number of nitrogens with zero attached hydrogens (tertiary/aromatic N) is 2. The Morgan fingerprint density at radius 3 is 2.31 bits per heavy atom. The van der Waals surface area contributed by atoms with E-state index in [0.717, 1.165) is 34.8 Å². The summed E-state index contributed by atoms with van der Waals surface area (Å²) in [5.41, 5.74) is 1.45. The van der Waals surface area contributed by atoms with Crippen molar-refractivity contribution in [1.82, 2.24) is 10.2 Å². The molecule has 5 rings (SSSR count). The standard InChI is InChI=1S/C36H37ClFN3O6S/c1-2-3-19-39-36(43)32(22-26-9-5-4-6-10-26)40(24-27-11-7-8-12-31(27)37)35(42)25-41(29-15-13-28(38)14-16-29)48(44,45)30-17-18-33-34(23-30)47-21-20-46-33/h4-18,23,32H,2-3,19-22,24-25H2,1H3,(H,39,43). The highest BCUT2D eigenvalue weighted by atomic mass is 35.5. The van der Waals surface area contributed by atoms with Gasteiger partial charge in [-0.3, -0.25) is 13.9 Å². The summed E-state index contributed by atoms with van der Waals surface area (Å²) in [4.78, 5) is 29.6. The predicted molar refractivity (Wildman–Crippen MR) is 182 cm³/mol. The van der Waals surface area contributed by atoms with Crippen LogP contribution in [0.1, 0.15) is 30.9 Å². The van der Waals surface area contributed by atoms with Crippen molar-refractivity contribution in [2.75, 3.05) is 30.6 Å². The first-order valence-corrected chi connectivity index (χ1v) is 17.5. The average molecular weight is 694 g/mol. The Bertz CT molecular complexity index is 1830. The van der Waals surface area contributed by atoms with Crippen molar-refractivity contribution >= 4 is 39.1 Å². The van der Waals surface area contributed by atoms with Crippen molar-refractivity contribution in [3.05, 3.63) is 119 Å². The second kappa shape index (κ2) is 16.0. The fourth-order valence-electron chi connectivity index (χ4n) is 5.32. The van der Waals surface area contributed by atoms with E-state index in [1.54, 1.807) is 24.3 Å². The minimum Gasteiger partial charge on any atom is -0.486 e. The number of amides is 2. The van der Waals surface area contributed by atoms with E-state index in [4.69, 9.17) is 21.1 Å². The third kappa shape index (κ3) is 8.45. The lowest BCUT2D eigenvalue weighted by Crippen LogP contribution is -2.53. The zero-order valence-electron chi connectivity index (χ0n) is 26.5. The SMILES string of the molecule is CCCCNC(=O)C(Cc1ccccc1)N(Cc1ccccc1Cl)C(=O)CN(c1ccc(F)cc1)S(=O)(=O)c1ccc2c(c1)OCCO2. The maximum Gasteiger partial charge on any atom is 0.264 e. The van der Waals surface area contributed by atoms with Crippen LogP contribution >= 0.6 is 11.6 Å². The number of benzene rings is 4. The number of hydrogen-bond acceptors (Lipinski definition) is 6. The average Bonchev–Trinajstić information content (AvgIpc) is 3.10. The number of nitrogens with one attached hydrogen (secondary N) is 1. The molecule has 0 saturated heterocycles. The fraction of sp³-hybridized carbons (Fsp3) is 0.278. The summed E-state index contributed by atoms with van der Waals surface area (Å²) in [6.45, 7) is 2.23. The number of halogens is 2. The van der Waals surface area contributed by atoms with E-state index in [1.165, 1.54) is 35.2 Å². The van der Waals surface area contributed by atoms with Gasteiger partial charge in [0.05, 0.1) is 10.6 Å². The van der Waals surface area contributed by atoms with E-state index >= 15 is 0 Å². The second-order valence-corrected chi connectivity index (χ2v) is 13.5. The summed E-state index contributed by atoms with van der Waals surface area (Å²) in [5.74, 6) is -0.968. The summed E-state index contributed by atoms with van der Waals surface area (Å²) < 4.78 is 54.7. The topological polar surface area (TPSA) is 105 Å². The van der Waals surface area contributed by atoms with Crippen LogP contribution in [0.4, 0.5) is 10.1 Å². The smallest absolute Gasteiger partial charge is 0.264 e. The Balaban J connectivity index is 1.57. The number of hydrogen-bond donors (Lipinski definition) is 1. The van der Waals surface area contributed by atoms with Gasteiger partial charge in [-0.25, -0.2) is 12.8 Å². The number of rotatable bonds is 14. The van der Waals surface area contributed by atoms with Gasteiger partial charge < -0.3 is 19.7 Å². The van der Waals surface area contributed by atoms with E-state index < -0.39 is 34.3 Å². The molecule has 0 fully saturated rings. The number of carbonyl (C=O) groups excluding carboxylic acids is 2. The Morgan fingerprint density at radius 1 is 0.917 bits per heavy atom. The Labute approximate surface area is 285 Å². The summed E-state index contributed by atoms with van der Waals surface area (Å²) >= 11 is 6.54. The maximum atomic E-state index is 14.6. The van der Waals surface area contributed by atoms with Crippen molar-refractivity contribution in [3.8, 4) is 11.5 Å². The quantitative estimate of drug-likeness (QED) is 0.163. The van der Waals surface area contributed by atoms with Gasteiger partial charge in [-0.2, -0.15) is 0 Å². The molecule has 252 valence electrons.